The van der Waals surface area contributed by atoms with Gasteiger partial charge in [0.25, 0.3) is 5.91 Å². The number of rotatable bonds is 1. The number of hydrogen-bond donors (Lipinski definition) is 2. The van der Waals surface area contributed by atoms with Crippen LogP contribution in [0.25, 0.3) is 0 Å². The van der Waals surface area contributed by atoms with E-state index in [4.69, 9.17) is 5.21 Å². The van der Waals surface area contributed by atoms with E-state index in [1.54, 1.807) is 17.6 Å². The number of hydrogen-bond acceptors (Lipinski definition) is 2. The van der Waals surface area contributed by atoms with E-state index in [0.717, 1.165) is 5.56 Å². The Labute approximate surface area is 78.5 Å². The fraction of sp³-hybridized carbons (Fsp3) is 0.125. The van der Waals surface area contributed by atoms with E-state index in [9.17, 15) is 4.79 Å². The summed E-state index contributed by atoms with van der Waals surface area (Å²) >= 11 is 3.20. The molecule has 0 saturated carbocycles. The van der Waals surface area contributed by atoms with Gasteiger partial charge in [0.05, 0.1) is 5.56 Å². The molecule has 1 amide bonds. The standard InChI is InChI=1S/C8H8BrNO2/c1-5-2-3-7(9)6(4-5)8(11)10-12/h2-4,12H,1H3,(H,10,11). The van der Waals surface area contributed by atoms with Crippen LogP contribution in [-0.2, 0) is 0 Å². The van der Waals surface area contributed by atoms with Crippen LogP contribution < -0.4 is 5.48 Å². The highest BCUT2D eigenvalue weighted by Crippen LogP contribution is 2.17. The van der Waals surface area contributed by atoms with Crippen molar-refractivity contribution < 1.29 is 10.0 Å². The zero-order valence-corrected chi connectivity index (χ0v) is 8.05. The van der Waals surface area contributed by atoms with Gasteiger partial charge in [0, 0.05) is 4.47 Å². The van der Waals surface area contributed by atoms with Crippen molar-refractivity contribution in [2.24, 2.45) is 0 Å². The van der Waals surface area contributed by atoms with Crippen molar-refractivity contribution in [1.29, 1.82) is 0 Å². The van der Waals surface area contributed by atoms with Crippen molar-refractivity contribution in [2.45, 2.75) is 6.92 Å². The minimum Gasteiger partial charge on any atom is -0.288 e. The summed E-state index contributed by atoms with van der Waals surface area (Å²) in [6.07, 6.45) is 0. The fourth-order valence-corrected chi connectivity index (χ4v) is 1.30. The average molecular weight is 230 g/mol. The first-order chi connectivity index (χ1) is 5.65. The smallest absolute Gasteiger partial charge is 0.275 e. The van der Waals surface area contributed by atoms with Gasteiger partial charge in [-0.05, 0) is 35.0 Å². The Morgan fingerprint density at radius 1 is 1.58 bits per heavy atom. The second kappa shape index (κ2) is 3.69. The van der Waals surface area contributed by atoms with E-state index < -0.39 is 5.91 Å². The molecule has 1 aromatic carbocycles. The molecule has 0 bridgehead atoms. The number of aryl methyl sites for hydroxylation is 1. The highest BCUT2D eigenvalue weighted by molar-refractivity contribution is 9.10. The lowest BCUT2D eigenvalue weighted by atomic mass is 10.1. The number of carbonyl (C=O) groups excluding carboxylic acids is 1. The third-order valence-electron chi connectivity index (χ3n) is 1.47. The zero-order valence-electron chi connectivity index (χ0n) is 6.47. The normalized spacial score (nSPS) is 9.58. The van der Waals surface area contributed by atoms with Crippen molar-refractivity contribution in [1.82, 2.24) is 5.48 Å². The lowest BCUT2D eigenvalue weighted by Crippen LogP contribution is -2.19. The van der Waals surface area contributed by atoms with Crippen molar-refractivity contribution in [2.75, 3.05) is 0 Å². The maximum atomic E-state index is 11.0. The molecule has 0 atom stereocenters. The summed E-state index contributed by atoms with van der Waals surface area (Å²) in [6, 6.07) is 5.33. The van der Waals surface area contributed by atoms with Gasteiger partial charge in [0.15, 0.2) is 0 Å². The molecule has 0 radical (unpaired) electrons. The summed E-state index contributed by atoms with van der Waals surface area (Å²) in [6.45, 7) is 1.88. The van der Waals surface area contributed by atoms with Gasteiger partial charge in [-0.15, -0.1) is 0 Å². The Bertz CT molecular complexity index is 312. The molecule has 0 spiro atoms. The lowest BCUT2D eigenvalue weighted by Gasteiger charge is -2.02. The SMILES string of the molecule is Cc1ccc(Br)c(C(=O)NO)c1. The maximum absolute atomic E-state index is 11.0. The van der Waals surface area contributed by atoms with Gasteiger partial charge >= 0.3 is 0 Å². The van der Waals surface area contributed by atoms with Gasteiger partial charge in [-0.3, -0.25) is 10.0 Å². The van der Waals surface area contributed by atoms with E-state index in [-0.39, 0.29) is 0 Å². The lowest BCUT2D eigenvalue weighted by molar-refractivity contribution is 0.0705. The number of benzene rings is 1. The van der Waals surface area contributed by atoms with E-state index in [1.807, 2.05) is 13.0 Å². The average Bonchev–Trinajstić information content (AvgIpc) is 2.08. The molecule has 64 valence electrons. The molecule has 0 aromatic heterocycles. The number of amides is 1. The third kappa shape index (κ3) is 1.84. The van der Waals surface area contributed by atoms with Crippen molar-refractivity contribution in [3.63, 3.8) is 0 Å². The predicted octanol–water partition coefficient (Wildman–Crippen LogP) is 1.88. The highest BCUT2D eigenvalue weighted by atomic mass is 79.9. The van der Waals surface area contributed by atoms with Crippen LogP contribution in [0.1, 0.15) is 15.9 Å². The topological polar surface area (TPSA) is 49.3 Å². The van der Waals surface area contributed by atoms with Crippen molar-refractivity contribution in [3.8, 4) is 0 Å². The molecule has 0 aliphatic carbocycles. The molecule has 0 unspecified atom stereocenters. The Balaban J connectivity index is 3.13. The fourth-order valence-electron chi connectivity index (χ4n) is 0.873. The molecular weight excluding hydrogens is 222 g/mol. The van der Waals surface area contributed by atoms with Crippen LogP contribution in [0.3, 0.4) is 0 Å². The van der Waals surface area contributed by atoms with Crippen molar-refractivity contribution >= 4 is 21.8 Å². The molecule has 0 fully saturated rings. The zero-order chi connectivity index (χ0) is 9.14. The molecule has 0 saturated heterocycles. The van der Waals surface area contributed by atoms with Gasteiger partial charge in [0.2, 0.25) is 0 Å². The second-order valence-electron chi connectivity index (χ2n) is 2.42. The monoisotopic (exact) mass is 229 g/mol. The van der Waals surface area contributed by atoms with Gasteiger partial charge in [-0.1, -0.05) is 11.6 Å². The van der Waals surface area contributed by atoms with Gasteiger partial charge in [0.1, 0.15) is 0 Å². The predicted molar refractivity (Wildman–Crippen MR) is 48.1 cm³/mol. The molecule has 3 nitrogen and oxygen atoms in total. The van der Waals surface area contributed by atoms with E-state index >= 15 is 0 Å². The van der Waals surface area contributed by atoms with Crippen LogP contribution in [0.2, 0.25) is 0 Å². The molecule has 2 N–H and O–H groups in total. The van der Waals surface area contributed by atoms with E-state index in [1.165, 1.54) is 0 Å². The van der Waals surface area contributed by atoms with E-state index in [2.05, 4.69) is 15.9 Å². The quantitative estimate of drug-likeness (QED) is 0.571. The van der Waals surface area contributed by atoms with Crippen LogP contribution in [-0.4, -0.2) is 11.1 Å². The molecule has 12 heavy (non-hydrogen) atoms. The van der Waals surface area contributed by atoms with Crippen molar-refractivity contribution in [3.05, 3.63) is 33.8 Å². The Morgan fingerprint density at radius 3 is 2.83 bits per heavy atom. The van der Waals surface area contributed by atoms with Crippen LogP contribution in [0, 0.1) is 6.92 Å². The molecule has 1 rings (SSSR count). The molecule has 4 heteroatoms. The highest BCUT2D eigenvalue weighted by Gasteiger charge is 2.07. The summed E-state index contributed by atoms with van der Waals surface area (Å²) in [7, 11) is 0. The summed E-state index contributed by atoms with van der Waals surface area (Å²) in [5.74, 6) is -0.509. The summed E-state index contributed by atoms with van der Waals surface area (Å²) in [5.41, 5.74) is 2.98. The molecule has 1 aromatic rings. The summed E-state index contributed by atoms with van der Waals surface area (Å²) in [4.78, 5) is 11.0. The third-order valence-corrected chi connectivity index (χ3v) is 2.16. The van der Waals surface area contributed by atoms with Gasteiger partial charge < -0.3 is 0 Å². The van der Waals surface area contributed by atoms with Crippen LogP contribution in [0.15, 0.2) is 22.7 Å². The summed E-state index contributed by atoms with van der Waals surface area (Å²) in [5, 5.41) is 8.38. The second-order valence-corrected chi connectivity index (χ2v) is 3.28. The maximum Gasteiger partial charge on any atom is 0.275 e. The van der Waals surface area contributed by atoms with Crippen LogP contribution >= 0.6 is 15.9 Å². The minimum atomic E-state index is -0.509. The Hall–Kier alpha value is -0.870. The number of carbonyl (C=O) groups is 1. The first-order valence-electron chi connectivity index (χ1n) is 3.35. The minimum absolute atomic E-state index is 0.428. The molecular formula is C8H8BrNO2. The first kappa shape index (κ1) is 9.22. The molecule has 0 heterocycles. The Kier molecular flexibility index (Phi) is 2.83. The number of hydroxylamine groups is 1. The molecule has 0 aliphatic rings. The van der Waals surface area contributed by atoms with E-state index in [0.29, 0.717) is 10.0 Å². The first-order valence-corrected chi connectivity index (χ1v) is 4.15. The Morgan fingerprint density at radius 2 is 2.25 bits per heavy atom. The number of nitrogens with one attached hydrogen (secondary N) is 1. The van der Waals surface area contributed by atoms with Gasteiger partial charge in [-0.2, -0.15) is 0 Å². The summed E-state index contributed by atoms with van der Waals surface area (Å²) < 4.78 is 0.666. The molecule has 0 aliphatic heterocycles. The van der Waals surface area contributed by atoms with Crippen LogP contribution in [0.4, 0.5) is 0 Å². The van der Waals surface area contributed by atoms with Crippen LogP contribution in [0.5, 0.6) is 0 Å². The largest absolute Gasteiger partial charge is 0.288 e. The van der Waals surface area contributed by atoms with Gasteiger partial charge in [-0.25, -0.2) is 5.48 Å². The number of halogens is 1.